The number of ether oxygens (including phenoxy) is 2. The number of benzene rings is 2. The highest BCUT2D eigenvalue weighted by atomic mass is 16.5. The Labute approximate surface area is 196 Å². The Bertz CT molecular complexity index is 890. The van der Waals surface area contributed by atoms with E-state index in [0.717, 1.165) is 17.9 Å². The van der Waals surface area contributed by atoms with Gasteiger partial charge in [0.25, 0.3) is 0 Å². The highest BCUT2D eigenvalue weighted by Crippen LogP contribution is 2.36. The Hall–Kier alpha value is -2.00. The minimum absolute atomic E-state index is 0.0167. The van der Waals surface area contributed by atoms with Gasteiger partial charge in [-0.15, -0.1) is 0 Å². The van der Waals surface area contributed by atoms with E-state index >= 15 is 0 Å². The molecule has 2 aromatic carbocycles. The summed E-state index contributed by atoms with van der Waals surface area (Å²) in [6.07, 6.45) is 0.911. The van der Waals surface area contributed by atoms with E-state index in [1.165, 1.54) is 16.7 Å². The van der Waals surface area contributed by atoms with Crippen LogP contribution in [0.3, 0.4) is 0 Å². The van der Waals surface area contributed by atoms with Crippen molar-refractivity contribution in [1.29, 1.82) is 0 Å². The molecule has 0 amide bonds. The first kappa shape index (κ1) is 26.3. The van der Waals surface area contributed by atoms with Gasteiger partial charge in [0, 0.05) is 0 Å². The zero-order chi connectivity index (χ0) is 24.4. The van der Waals surface area contributed by atoms with Gasteiger partial charge < -0.3 is 14.6 Å². The molecule has 0 saturated heterocycles. The Balaban J connectivity index is 2.30. The highest BCUT2D eigenvalue weighted by molar-refractivity contribution is 5.42. The molecule has 1 N–H and O–H groups in total. The van der Waals surface area contributed by atoms with E-state index in [1.54, 1.807) is 13.8 Å². The van der Waals surface area contributed by atoms with E-state index in [4.69, 9.17) is 9.47 Å². The third kappa shape index (κ3) is 8.16. The summed E-state index contributed by atoms with van der Waals surface area (Å²) in [6, 6.07) is 14.9. The van der Waals surface area contributed by atoms with Gasteiger partial charge in [-0.3, -0.25) is 0 Å². The van der Waals surface area contributed by atoms with Crippen molar-refractivity contribution in [2.24, 2.45) is 5.41 Å². The number of hydrogen-bond acceptors (Lipinski definition) is 3. The molecule has 2 rings (SSSR count). The average molecular weight is 441 g/mol. The zero-order valence-corrected chi connectivity index (χ0v) is 21.9. The van der Waals surface area contributed by atoms with Crippen LogP contribution in [0.1, 0.15) is 85.9 Å². The number of hydrogen-bond donors (Lipinski definition) is 1. The summed E-state index contributed by atoms with van der Waals surface area (Å²) in [6.45, 7) is 22.3. The van der Waals surface area contributed by atoms with E-state index in [0.29, 0.717) is 6.61 Å². The molecular formula is C29H44O3. The first-order valence-electron chi connectivity index (χ1n) is 11.7. The average Bonchev–Trinajstić information content (AvgIpc) is 2.63. The monoisotopic (exact) mass is 440 g/mol. The zero-order valence-electron chi connectivity index (χ0n) is 21.9. The van der Waals surface area contributed by atoms with Gasteiger partial charge in [0.05, 0.1) is 12.2 Å². The number of rotatable bonds is 8. The van der Waals surface area contributed by atoms with Crippen LogP contribution in [0, 0.1) is 5.41 Å². The molecule has 0 unspecified atom stereocenters. The fraction of sp³-hybridized carbons (Fsp3) is 0.586. The lowest BCUT2D eigenvalue weighted by Gasteiger charge is -2.31. The Kier molecular flexibility index (Phi) is 7.77. The van der Waals surface area contributed by atoms with E-state index in [1.807, 2.05) is 12.1 Å². The van der Waals surface area contributed by atoms with Crippen LogP contribution in [-0.4, -0.2) is 23.9 Å². The molecular weight excluding hydrogens is 396 g/mol. The first-order chi connectivity index (χ1) is 14.5. The third-order valence-electron chi connectivity index (χ3n) is 5.40. The fourth-order valence-corrected chi connectivity index (χ4v) is 3.64. The van der Waals surface area contributed by atoms with Crippen molar-refractivity contribution in [3.63, 3.8) is 0 Å². The summed E-state index contributed by atoms with van der Waals surface area (Å²) in [5.74, 6) is 1.73. The molecule has 0 atom stereocenters. The molecule has 0 aliphatic carbocycles. The molecule has 0 aliphatic rings. The summed E-state index contributed by atoms with van der Waals surface area (Å²) < 4.78 is 11.9. The van der Waals surface area contributed by atoms with Crippen LogP contribution in [-0.2, 0) is 17.3 Å². The van der Waals surface area contributed by atoms with Crippen molar-refractivity contribution in [1.82, 2.24) is 0 Å². The summed E-state index contributed by atoms with van der Waals surface area (Å²) in [5.41, 5.74) is 3.06. The Morgan fingerprint density at radius 1 is 0.719 bits per heavy atom. The van der Waals surface area contributed by atoms with Gasteiger partial charge in [0.2, 0.25) is 0 Å². The lowest BCUT2D eigenvalue weighted by molar-refractivity contribution is 0.0284. The van der Waals surface area contributed by atoms with Crippen LogP contribution in [0.25, 0.3) is 0 Å². The molecule has 0 bridgehead atoms. The van der Waals surface area contributed by atoms with E-state index in [2.05, 4.69) is 85.7 Å². The van der Waals surface area contributed by atoms with Gasteiger partial charge in [-0.1, -0.05) is 73.6 Å². The van der Waals surface area contributed by atoms with Crippen LogP contribution in [0.15, 0.2) is 42.5 Å². The van der Waals surface area contributed by atoms with Crippen molar-refractivity contribution in [3.05, 3.63) is 59.2 Å². The predicted octanol–water partition coefficient (Wildman–Crippen LogP) is 7.08. The van der Waals surface area contributed by atoms with Gasteiger partial charge in [-0.05, 0) is 77.5 Å². The van der Waals surface area contributed by atoms with Crippen LogP contribution in [0.4, 0.5) is 0 Å². The number of aliphatic hydroxyl groups is 1. The smallest absolute Gasteiger partial charge is 0.119 e. The van der Waals surface area contributed by atoms with Crippen molar-refractivity contribution >= 4 is 0 Å². The lowest BCUT2D eigenvalue weighted by Crippen LogP contribution is -2.28. The SMILES string of the molecule is CC(C)(C)COc1cccc(C(C)(C)Cc2ccc(OCC(C)(C)O)cc2C(C)(C)C)c1. The van der Waals surface area contributed by atoms with E-state index < -0.39 is 5.60 Å². The fourth-order valence-electron chi connectivity index (χ4n) is 3.64. The van der Waals surface area contributed by atoms with E-state index in [9.17, 15) is 5.11 Å². The minimum Gasteiger partial charge on any atom is -0.493 e. The Morgan fingerprint density at radius 2 is 1.31 bits per heavy atom. The molecule has 0 aromatic heterocycles. The van der Waals surface area contributed by atoms with Gasteiger partial charge in [0.1, 0.15) is 18.1 Å². The maximum absolute atomic E-state index is 10.0. The van der Waals surface area contributed by atoms with Crippen molar-refractivity contribution in [2.75, 3.05) is 13.2 Å². The third-order valence-corrected chi connectivity index (χ3v) is 5.40. The highest BCUT2D eigenvalue weighted by Gasteiger charge is 2.27. The summed E-state index contributed by atoms with van der Waals surface area (Å²) >= 11 is 0. The van der Waals surface area contributed by atoms with E-state index in [-0.39, 0.29) is 22.9 Å². The molecule has 178 valence electrons. The molecule has 0 spiro atoms. The van der Waals surface area contributed by atoms with Crippen LogP contribution in [0.5, 0.6) is 11.5 Å². The summed E-state index contributed by atoms with van der Waals surface area (Å²) in [5, 5.41) is 10.0. The predicted molar refractivity (Wildman–Crippen MR) is 135 cm³/mol. The van der Waals surface area contributed by atoms with Crippen molar-refractivity contribution < 1.29 is 14.6 Å². The second kappa shape index (κ2) is 9.47. The van der Waals surface area contributed by atoms with Gasteiger partial charge in [0.15, 0.2) is 0 Å². The topological polar surface area (TPSA) is 38.7 Å². The van der Waals surface area contributed by atoms with Crippen LogP contribution in [0.2, 0.25) is 0 Å². The summed E-state index contributed by atoms with van der Waals surface area (Å²) in [4.78, 5) is 0. The molecule has 3 heteroatoms. The second-order valence-electron chi connectivity index (χ2n) is 12.6. The molecule has 0 fully saturated rings. The van der Waals surface area contributed by atoms with Gasteiger partial charge in [-0.2, -0.15) is 0 Å². The molecule has 0 heterocycles. The largest absolute Gasteiger partial charge is 0.493 e. The minimum atomic E-state index is -0.858. The lowest BCUT2D eigenvalue weighted by atomic mass is 9.74. The molecule has 0 saturated carbocycles. The van der Waals surface area contributed by atoms with Crippen LogP contribution < -0.4 is 9.47 Å². The quantitative estimate of drug-likeness (QED) is 0.477. The normalized spacial score (nSPS) is 13.2. The molecule has 0 radical (unpaired) electrons. The van der Waals surface area contributed by atoms with Gasteiger partial charge >= 0.3 is 0 Å². The molecule has 0 aliphatic heterocycles. The first-order valence-corrected chi connectivity index (χ1v) is 11.7. The molecule has 2 aromatic rings. The maximum Gasteiger partial charge on any atom is 0.119 e. The molecule has 3 nitrogen and oxygen atoms in total. The van der Waals surface area contributed by atoms with Crippen molar-refractivity contribution in [2.45, 2.75) is 92.1 Å². The summed E-state index contributed by atoms with van der Waals surface area (Å²) in [7, 11) is 0. The second-order valence-corrected chi connectivity index (χ2v) is 12.6. The van der Waals surface area contributed by atoms with Crippen LogP contribution >= 0.6 is 0 Å². The Morgan fingerprint density at radius 3 is 1.88 bits per heavy atom. The van der Waals surface area contributed by atoms with Crippen molar-refractivity contribution in [3.8, 4) is 11.5 Å². The standard InChI is InChI=1S/C29H44O3/c1-26(2,3)19-31-23-13-11-12-22(16-23)28(7,8)18-21-14-15-24(32-20-29(9,10)30)17-25(21)27(4,5)6/h11-17,30H,18-20H2,1-10H3. The molecule has 32 heavy (non-hydrogen) atoms. The maximum atomic E-state index is 10.0. The van der Waals surface area contributed by atoms with Gasteiger partial charge in [-0.25, -0.2) is 0 Å².